The van der Waals surface area contributed by atoms with Crippen LogP contribution in [-0.4, -0.2) is 46.6 Å². The lowest BCUT2D eigenvalue weighted by Gasteiger charge is -2.35. The van der Waals surface area contributed by atoms with E-state index >= 15 is 0 Å². The van der Waals surface area contributed by atoms with Crippen molar-refractivity contribution < 1.29 is 9.53 Å². The average Bonchev–Trinajstić information content (AvgIpc) is 3.21. The van der Waals surface area contributed by atoms with Crippen LogP contribution >= 0.6 is 0 Å². The van der Waals surface area contributed by atoms with Crippen LogP contribution in [0.25, 0.3) is 11.0 Å². The van der Waals surface area contributed by atoms with Crippen LogP contribution in [-0.2, 0) is 16.1 Å². The van der Waals surface area contributed by atoms with Gasteiger partial charge in [0.1, 0.15) is 5.82 Å². The van der Waals surface area contributed by atoms with Crippen LogP contribution < -0.4 is 5.73 Å². The number of carbonyl (C=O) groups excluding carboxylic acids is 1. The van der Waals surface area contributed by atoms with Crippen LogP contribution in [0.2, 0.25) is 0 Å². The number of hydrogen-bond acceptors (Lipinski definition) is 4. The second-order valence-electron chi connectivity index (χ2n) is 6.95. The van der Waals surface area contributed by atoms with E-state index in [0.29, 0.717) is 12.5 Å². The summed E-state index contributed by atoms with van der Waals surface area (Å²) in [7, 11) is 0. The normalized spacial score (nSPS) is 26.2. The van der Waals surface area contributed by atoms with E-state index in [9.17, 15) is 4.79 Å². The van der Waals surface area contributed by atoms with Crippen molar-refractivity contribution in [3.63, 3.8) is 0 Å². The smallest absolute Gasteiger partial charge is 0.223 e. The van der Waals surface area contributed by atoms with Gasteiger partial charge in [-0.15, -0.1) is 0 Å². The number of nitrogens with two attached hydrogens (primary N) is 1. The third kappa shape index (κ3) is 3.03. The highest BCUT2D eigenvalue weighted by Gasteiger charge is 2.39. The number of hydrogen-bond donors (Lipinski definition) is 2. The predicted molar refractivity (Wildman–Crippen MR) is 91.1 cm³/mol. The predicted octanol–water partition coefficient (Wildman–Crippen LogP) is 1.67. The van der Waals surface area contributed by atoms with E-state index in [1.165, 1.54) is 0 Å². The van der Waals surface area contributed by atoms with E-state index in [4.69, 9.17) is 10.5 Å². The topological polar surface area (TPSA) is 84.2 Å². The summed E-state index contributed by atoms with van der Waals surface area (Å²) in [5, 5.41) is 0. The zero-order chi connectivity index (χ0) is 16.5. The number of imidazole rings is 1. The van der Waals surface area contributed by atoms with E-state index in [1.54, 1.807) is 0 Å². The average molecular weight is 328 g/mol. The molecule has 2 aliphatic heterocycles. The summed E-state index contributed by atoms with van der Waals surface area (Å²) in [6.45, 7) is 3.52. The molecule has 2 fully saturated rings. The van der Waals surface area contributed by atoms with Crippen molar-refractivity contribution in [2.24, 2.45) is 17.6 Å². The molecule has 3 heterocycles. The molecule has 0 aliphatic carbocycles. The maximum atomic E-state index is 11.6. The molecule has 24 heavy (non-hydrogen) atoms. The van der Waals surface area contributed by atoms with Crippen LogP contribution in [0.3, 0.4) is 0 Å². The minimum absolute atomic E-state index is 0.0239. The van der Waals surface area contributed by atoms with Gasteiger partial charge in [0, 0.05) is 6.61 Å². The second-order valence-corrected chi connectivity index (χ2v) is 6.95. The lowest BCUT2D eigenvalue weighted by atomic mass is 9.84. The number of primary amides is 1. The van der Waals surface area contributed by atoms with E-state index in [0.717, 1.165) is 55.8 Å². The summed E-state index contributed by atoms with van der Waals surface area (Å²) < 4.78 is 5.82. The van der Waals surface area contributed by atoms with Gasteiger partial charge in [0.2, 0.25) is 5.91 Å². The number of H-pyrrole nitrogens is 1. The number of fused-ring (bicyclic) bond motifs is 1. The lowest BCUT2D eigenvalue weighted by Crippen LogP contribution is -2.42. The third-order valence-corrected chi connectivity index (χ3v) is 5.41. The second kappa shape index (κ2) is 6.53. The van der Waals surface area contributed by atoms with E-state index in [1.807, 2.05) is 18.2 Å². The van der Waals surface area contributed by atoms with Crippen LogP contribution in [0.1, 0.15) is 25.1 Å². The molecule has 1 aromatic heterocycles. The Hall–Kier alpha value is -1.92. The number of nitrogens with one attached hydrogen (secondary N) is 1. The Morgan fingerprint density at radius 2 is 2.08 bits per heavy atom. The highest BCUT2D eigenvalue weighted by Crippen LogP contribution is 2.33. The monoisotopic (exact) mass is 328 g/mol. The number of rotatable bonds is 4. The summed E-state index contributed by atoms with van der Waals surface area (Å²) in [6.07, 6.45) is 2.90. The zero-order valence-corrected chi connectivity index (χ0v) is 13.8. The number of piperidine rings is 1. The van der Waals surface area contributed by atoms with E-state index in [2.05, 4.69) is 20.9 Å². The minimum atomic E-state index is -0.206. The highest BCUT2D eigenvalue weighted by molar-refractivity contribution is 5.77. The molecular weight excluding hydrogens is 304 g/mol. The van der Waals surface area contributed by atoms with Crippen molar-refractivity contribution in [3.8, 4) is 0 Å². The number of aromatic nitrogens is 2. The molecule has 0 unspecified atom stereocenters. The van der Waals surface area contributed by atoms with Crippen molar-refractivity contribution in [3.05, 3.63) is 30.1 Å². The van der Waals surface area contributed by atoms with Crippen molar-refractivity contribution >= 4 is 16.9 Å². The van der Waals surface area contributed by atoms with E-state index < -0.39 is 0 Å². The first-order valence-corrected chi connectivity index (χ1v) is 8.77. The van der Waals surface area contributed by atoms with Crippen molar-refractivity contribution in [2.75, 3.05) is 19.7 Å². The third-order valence-electron chi connectivity index (χ3n) is 5.41. The van der Waals surface area contributed by atoms with Crippen molar-refractivity contribution in [2.45, 2.75) is 31.9 Å². The molecule has 6 nitrogen and oxygen atoms in total. The zero-order valence-electron chi connectivity index (χ0n) is 13.8. The van der Waals surface area contributed by atoms with Gasteiger partial charge in [-0.05, 0) is 50.4 Å². The highest BCUT2D eigenvalue weighted by atomic mass is 16.5. The maximum Gasteiger partial charge on any atom is 0.223 e. The number of aromatic amines is 1. The largest absolute Gasteiger partial charge is 0.377 e. The Morgan fingerprint density at radius 3 is 2.83 bits per heavy atom. The van der Waals surface area contributed by atoms with Gasteiger partial charge in [0.25, 0.3) is 0 Å². The molecule has 2 aromatic rings. The lowest BCUT2D eigenvalue weighted by molar-refractivity contribution is -0.124. The molecule has 0 spiro atoms. The minimum Gasteiger partial charge on any atom is -0.377 e. The first-order valence-electron chi connectivity index (χ1n) is 8.77. The molecule has 3 N–H and O–H groups in total. The maximum absolute atomic E-state index is 11.6. The van der Waals surface area contributed by atoms with Gasteiger partial charge in [-0.3, -0.25) is 9.69 Å². The van der Waals surface area contributed by atoms with Gasteiger partial charge in [0.05, 0.1) is 29.6 Å². The summed E-state index contributed by atoms with van der Waals surface area (Å²) in [5.41, 5.74) is 7.63. The first-order chi connectivity index (χ1) is 11.7. The fraction of sp³-hybridized carbons (Fsp3) is 0.556. The number of amides is 1. The molecule has 0 radical (unpaired) electrons. The fourth-order valence-corrected chi connectivity index (χ4v) is 4.11. The summed E-state index contributed by atoms with van der Waals surface area (Å²) in [6, 6.07) is 8.12. The molecule has 128 valence electrons. The van der Waals surface area contributed by atoms with Gasteiger partial charge >= 0.3 is 0 Å². The molecule has 2 saturated heterocycles. The summed E-state index contributed by atoms with van der Waals surface area (Å²) in [5.74, 6) is 1.15. The summed E-state index contributed by atoms with van der Waals surface area (Å²) in [4.78, 5) is 22.0. The number of nitrogens with zero attached hydrogens (tertiary/aromatic N) is 2. The number of carbonyl (C=O) groups is 1. The molecule has 0 bridgehead atoms. The molecule has 2 atom stereocenters. The van der Waals surface area contributed by atoms with Gasteiger partial charge < -0.3 is 15.5 Å². The molecule has 1 amide bonds. The molecule has 0 saturated carbocycles. The Balaban J connectivity index is 1.35. The van der Waals surface area contributed by atoms with Crippen molar-refractivity contribution in [1.82, 2.24) is 14.9 Å². The summed E-state index contributed by atoms with van der Waals surface area (Å²) >= 11 is 0. The molecular formula is C18H24N4O2. The number of para-hydroxylation sites is 2. The quantitative estimate of drug-likeness (QED) is 0.894. The van der Waals surface area contributed by atoms with Gasteiger partial charge in [-0.2, -0.15) is 0 Å². The van der Waals surface area contributed by atoms with Gasteiger partial charge in [0.15, 0.2) is 0 Å². The van der Waals surface area contributed by atoms with Gasteiger partial charge in [-0.25, -0.2) is 4.98 Å². The first kappa shape index (κ1) is 15.6. The molecule has 4 rings (SSSR count). The van der Waals surface area contributed by atoms with Crippen LogP contribution in [0.15, 0.2) is 24.3 Å². The molecule has 1 aromatic carbocycles. The Bertz CT molecular complexity index is 688. The Labute approximate surface area is 141 Å². The standard InChI is InChI=1S/C18H24N4O2/c19-18(23)13-7-10-24-17(13)12-5-8-22(9-6-12)11-16-20-14-3-1-2-4-15(14)21-16/h1-4,12-13,17H,5-11H2,(H2,19,23)(H,20,21)/t13-,17+/m0/s1. The van der Waals surface area contributed by atoms with Crippen LogP contribution in [0.5, 0.6) is 0 Å². The van der Waals surface area contributed by atoms with E-state index in [-0.39, 0.29) is 17.9 Å². The van der Waals surface area contributed by atoms with Crippen LogP contribution in [0.4, 0.5) is 0 Å². The number of ether oxygens (including phenoxy) is 1. The SMILES string of the molecule is NC(=O)[C@H]1CCO[C@@H]1C1CCN(Cc2nc3ccccc3[nH]2)CC1. The molecule has 2 aliphatic rings. The fourth-order valence-electron chi connectivity index (χ4n) is 4.11. The Kier molecular flexibility index (Phi) is 4.24. The molecule has 6 heteroatoms. The van der Waals surface area contributed by atoms with Crippen molar-refractivity contribution in [1.29, 1.82) is 0 Å². The number of likely N-dealkylation sites (tertiary alicyclic amines) is 1. The Morgan fingerprint density at radius 1 is 1.29 bits per heavy atom. The van der Waals surface area contributed by atoms with Gasteiger partial charge in [-0.1, -0.05) is 12.1 Å². The van der Waals surface area contributed by atoms with Crippen LogP contribution in [0, 0.1) is 11.8 Å². The number of benzene rings is 1.